The van der Waals surface area contributed by atoms with E-state index in [4.69, 9.17) is 11.6 Å². The molecule has 0 unspecified atom stereocenters. The third-order valence-electron chi connectivity index (χ3n) is 2.89. The molecule has 0 aromatic heterocycles. The van der Waals surface area contributed by atoms with Gasteiger partial charge >= 0.3 is 0 Å². The average molecular weight is 228 g/mol. The molecule has 0 aliphatic carbocycles. The molecule has 0 atom stereocenters. The first kappa shape index (κ1) is 10.7. The molecule has 0 saturated carbocycles. The Bertz CT molecular complexity index is 334. The van der Waals surface area contributed by atoms with Gasteiger partial charge in [-0.3, -0.25) is 0 Å². The van der Waals surface area contributed by atoms with Crippen molar-refractivity contribution >= 4 is 17.3 Å². The predicted octanol–water partition coefficient (Wildman–Crippen LogP) is 3.55. The molecule has 1 fully saturated rings. The van der Waals surface area contributed by atoms with Gasteiger partial charge in [-0.05, 0) is 30.9 Å². The lowest BCUT2D eigenvalue weighted by Crippen LogP contribution is -2.31. The van der Waals surface area contributed by atoms with Crippen molar-refractivity contribution in [3.63, 3.8) is 0 Å². The summed E-state index contributed by atoms with van der Waals surface area (Å²) < 4.78 is 13.7. The van der Waals surface area contributed by atoms with Crippen LogP contribution < -0.4 is 4.90 Å². The molecule has 0 bridgehead atoms. The number of hydrogen-bond acceptors (Lipinski definition) is 1. The van der Waals surface area contributed by atoms with E-state index >= 15 is 0 Å². The van der Waals surface area contributed by atoms with Crippen LogP contribution in [0.1, 0.15) is 24.8 Å². The molecule has 1 aliphatic heterocycles. The Kier molecular flexibility index (Phi) is 3.47. The van der Waals surface area contributed by atoms with Crippen LogP contribution in [0, 0.1) is 5.82 Å². The number of alkyl halides is 1. The molecular weight excluding hydrogens is 213 g/mol. The second-order valence-corrected chi connectivity index (χ2v) is 4.20. The highest BCUT2D eigenvalue weighted by atomic mass is 35.5. The monoisotopic (exact) mass is 227 g/mol. The number of para-hydroxylation sites is 1. The Hall–Kier alpha value is -0.760. The Morgan fingerprint density at radius 1 is 1.20 bits per heavy atom. The second-order valence-electron chi connectivity index (χ2n) is 3.93. The first-order valence-corrected chi connectivity index (χ1v) is 5.94. The van der Waals surface area contributed by atoms with Crippen LogP contribution >= 0.6 is 11.6 Å². The topological polar surface area (TPSA) is 3.24 Å². The van der Waals surface area contributed by atoms with Crippen molar-refractivity contribution in [2.75, 3.05) is 18.0 Å². The Morgan fingerprint density at radius 2 is 1.93 bits per heavy atom. The largest absolute Gasteiger partial charge is 0.369 e. The third-order valence-corrected chi connectivity index (χ3v) is 3.17. The molecular formula is C12H15ClFN. The molecule has 0 N–H and O–H groups in total. The van der Waals surface area contributed by atoms with Crippen molar-refractivity contribution in [2.45, 2.75) is 25.1 Å². The molecule has 1 saturated heterocycles. The van der Waals surface area contributed by atoms with Gasteiger partial charge in [0, 0.05) is 19.0 Å². The molecule has 0 spiro atoms. The van der Waals surface area contributed by atoms with E-state index in [9.17, 15) is 4.39 Å². The summed E-state index contributed by atoms with van der Waals surface area (Å²) in [5.74, 6) is 0.235. The van der Waals surface area contributed by atoms with Crippen molar-refractivity contribution in [1.82, 2.24) is 0 Å². The Balaban J connectivity index is 2.31. The fourth-order valence-electron chi connectivity index (χ4n) is 2.14. The fraction of sp³-hybridized carbons (Fsp3) is 0.500. The summed E-state index contributed by atoms with van der Waals surface area (Å²) in [5.41, 5.74) is 1.62. The zero-order chi connectivity index (χ0) is 10.7. The van der Waals surface area contributed by atoms with Crippen molar-refractivity contribution in [3.8, 4) is 0 Å². The molecule has 1 aromatic carbocycles. The highest BCUT2D eigenvalue weighted by molar-refractivity contribution is 6.17. The third kappa shape index (κ3) is 2.25. The average Bonchev–Trinajstić information content (AvgIpc) is 2.29. The van der Waals surface area contributed by atoms with Crippen molar-refractivity contribution < 1.29 is 4.39 Å². The highest BCUT2D eigenvalue weighted by Crippen LogP contribution is 2.28. The standard InChI is InChI=1S/C12H15ClFN/c13-9-10-5-4-6-11(14)12(10)15-7-2-1-3-8-15/h4-6H,1-3,7-9H2. The van der Waals surface area contributed by atoms with Crippen LogP contribution in [0.2, 0.25) is 0 Å². The molecule has 1 heterocycles. The number of piperidine rings is 1. The maximum Gasteiger partial charge on any atom is 0.146 e. The van der Waals surface area contributed by atoms with Gasteiger partial charge in [0.1, 0.15) is 5.82 Å². The number of hydrogen-bond donors (Lipinski definition) is 0. The Labute approximate surface area is 94.8 Å². The van der Waals surface area contributed by atoms with Crippen LogP contribution in [0.3, 0.4) is 0 Å². The van der Waals surface area contributed by atoms with Crippen LogP contribution in [0.25, 0.3) is 0 Å². The van der Waals surface area contributed by atoms with Crippen LogP contribution in [0.15, 0.2) is 18.2 Å². The van der Waals surface area contributed by atoms with Gasteiger partial charge in [-0.2, -0.15) is 0 Å². The van der Waals surface area contributed by atoms with Gasteiger partial charge in [-0.25, -0.2) is 4.39 Å². The fourth-order valence-corrected chi connectivity index (χ4v) is 2.36. The van der Waals surface area contributed by atoms with E-state index in [2.05, 4.69) is 4.90 Å². The van der Waals surface area contributed by atoms with Gasteiger partial charge in [0.05, 0.1) is 5.69 Å². The predicted molar refractivity (Wildman–Crippen MR) is 62.0 cm³/mol. The molecule has 82 valence electrons. The van der Waals surface area contributed by atoms with Gasteiger partial charge in [-0.15, -0.1) is 11.6 Å². The number of halogens is 2. The minimum absolute atomic E-state index is 0.143. The van der Waals surface area contributed by atoms with Gasteiger partial charge < -0.3 is 4.90 Å². The maximum absolute atomic E-state index is 13.7. The van der Waals surface area contributed by atoms with Crippen LogP contribution in [-0.4, -0.2) is 13.1 Å². The van der Waals surface area contributed by atoms with E-state index < -0.39 is 0 Å². The number of nitrogens with zero attached hydrogens (tertiary/aromatic N) is 1. The van der Waals surface area contributed by atoms with E-state index in [-0.39, 0.29) is 5.82 Å². The number of rotatable bonds is 2. The SMILES string of the molecule is Fc1cccc(CCl)c1N1CCCCC1. The van der Waals surface area contributed by atoms with E-state index in [1.54, 1.807) is 6.07 Å². The first-order chi connectivity index (χ1) is 7.33. The number of benzene rings is 1. The molecule has 1 aliphatic rings. The van der Waals surface area contributed by atoms with Crippen molar-refractivity contribution in [3.05, 3.63) is 29.6 Å². The normalized spacial score (nSPS) is 16.8. The first-order valence-electron chi connectivity index (χ1n) is 5.41. The quantitative estimate of drug-likeness (QED) is 0.699. The summed E-state index contributed by atoms with van der Waals surface area (Å²) in [6, 6.07) is 5.14. The summed E-state index contributed by atoms with van der Waals surface area (Å²) >= 11 is 5.83. The van der Waals surface area contributed by atoms with Gasteiger partial charge in [-0.1, -0.05) is 12.1 Å². The van der Waals surface area contributed by atoms with E-state index in [0.717, 1.165) is 31.5 Å². The lowest BCUT2D eigenvalue weighted by Gasteiger charge is -2.30. The van der Waals surface area contributed by atoms with Gasteiger partial charge in [0.2, 0.25) is 0 Å². The zero-order valence-electron chi connectivity index (χ0n) is 8.68. The van der Waals surface area contributed by atoms with Crippen LogP contribution in [0.5, 0.6) is 0 Å². The van der Waals surface area contributed by atoms with E-state index in [1.807, 2.05) is 6.07 Å². The molecule has 3 heteroatoms. The molecule has 15 heavy (non-hydrogen) atoms. The summed E-state index contributed by atoms with van der Waals surface area (Å²) in [7, 11) is 0. The second kappa shape index (κ2) is 4.84. The van der Waals surface area contributed by atoms with Gasteiger partial charge in [0.15, 0.2) is 0 Å². The van der Waals surface area contributed by atoms with E-state index in [0.29, 0.717) is 11.6 Å². The maximum atomic E-state index is 13.7. The molecule has 0 radical (unpaired) electrons. The summed E-state index contributed by atoms with van der Waals surface area (Å²) in [4.78, 5) is 2.12. The van der Waals surface area contributed by atoms with Crippen LogP contribution in [0.4, 0.5) is 10.1 Å². The molecule has 2 rings (SSSR count). The lowest BCUT2D eigenvalue weighted by atomic mass is 10.1. The van der Waals surface area contributed by atoms with Crippen molar-refractivity contribution in [1.29, 1.82) is 0 Å². The highest BCUT2D eigenvalue weighted by Gasteiger charge is 2.17. The summed E-state index contributed by atoms with van der Waals surface area (Å²) in [6.07, 6.45) is 3.55. The Morgan fingerprint density at radius 3 is 2.60 bits per heavy atom. The van der Waals surface area contributed by atoms with Gasteiger partial charge in [0.25, 0.3) is 0 Å². The summed E-state index contributed by atoms with van der Waals surface area (Å²) in [6.45, 7) is 1.90. The molecule has 1 aromatic rings. The number of anilines is 1. The van der Waals surface area contributed by atoms with Crippen molar-refractivity contribution in [2.24, 2.45) is 0 Å². The summed E-state index contributed by atoms with van der Waals surface area (Å²) in [5, 5.41) is 0. The lowest BCUT2D eigenvalue weighted by molar-refractivity contribution is 0.555. The molecule has 0 amide bonds. The minimum atomic E-state index is -0.143. The smallest absolute Gasteiger partial charge is 0.146 e. The van der Waals surface area contributed by atoms with Crippen LogP contribution in [-0.2, 0) is 5.88 Å². The zero-order valence-corrected chi connectivity index (χ0v) is 9.43. The minimum Gasteiger partial charge on any atom is -0.369 e. The molecule has 1 nitrogen and oxygen atoms in total. The van der Waals surface area contributed by atoms with E-state index in [1.165, 1.54) is 12.5 Å².